The molecule has 0 aromatic heterocycles. The highest BCUT2D eigenvalue weighted by Crippen LogP contribution is 2.89. The molecule has 2 heterocycles. The number of hydrogen-bond acceptors (Lipinski definition) is 8. The average molecular weight is 549 g/mol. The van der Waals surface area contributed by atoms with Gasteiger partial charge in [0.1, 0.15) is 24.4 Å². The molecule has 5 saturated carbocycles. The molecule has 7 rings (SSSR count). The lowest BCUT2D eigenvalue weighted by molar-refractivity contribution is -0.306. The molecule has 4 N–H and O–H groups in total. The summed E-state index contributed by atoms with van der Waals surface area (Å²) in [7, 11) is 0. The zero-order chi connectivity index (χ0) is 27.9. The summed E-state index contributed by atoms with van der Waals surface area (Å²) in [5.41, 5.74) is 0.0326. The molecule has 7 fully saturated rings. The molecule has 5 aliphatic carbocycles. The Hall–Kier alpha value is -0.770. The Morgan fingerprint density at radius 2 is 1.67 bits per heavy atom. The minimum Gasteiger partial charge on any atom is -0.462 e. The molecule has 0 aromatic rings. The number of aliphatic hydroxyl groups excluding tert-OH is 4. The third-order valence-electron chi connectivity index (χ3n) is 14.2. The highest BCUT2D eigenvalue weighted by Gasteiger charge is 2.84. The number of ether oxygens (including phenoxy) is 3. The molecule has 0 bridgehead atoms. The van der Waals surface area contributed by atoms with Crippen LogP contribution in [0.2, 0.25) is 0 Å². The van der Waals surface area contributed by atoms with Gasteiger partial charge >= 0.3 is 5.97 Å². The first-order chi connectivity index (χ1) is 18.2. The van der Waals surface area contributed by atoms with Crippen molar-refractivity contribution in [2.75, 3.05) is 6.61 Å². The van der Waals surface area contributed by atoms with E-state index in [1.807, 2.05) is 0 Å². The average Bonchev–Trinajstić information content (AvgIpc) is 3.42. The van der Waals surface area contributed by atoms with Gasteiger partial charge in [0.25, 0.3) is 0 Å². The monoisotopic (exact) mass is 548 g/mol. The van der Waals surface area contributed by atoms with Crippen molar-refractivity contribution in [3.63, 3.8) is 0 Å². The summed E-state index contributed by atoms with van der Waals surface area (Å²) in [4.78, 5) is 12.4. The Bertz CT molecular complexity index is 1050. The standard InChI is InChI=1S/C31H48O8/c1-15-10-21(34)38-18-12-29(5)19-11-16(32)25-27(2,3)20(39-26-24(36)23(35)17(33)13-37-26)6-7-31(25)14-30(19,31)9-8-28(29,4)22(15)18/h15-20,22-26,32-33,35-36H,6-14H2,1-5H3. The number of carbonyl (C=O) groups is 1. The Morgan fingerprint density at radius 1 is 0.923 bits per heavy atom. The Labute approximate surface area is 231 Å². The smallest absolute Gasteiger partial charge is 0.306 e. The van der Waals surface area contributed by atoms with Gasteiger partial charge in [-0.2, -0.15) is 0 Å². The normalized spacial score (nSPS) is 61.2. The third kappa shape index (κ3) is 3.20. The summed E-state index contributed by atoms with van der Waals surface area (Å²) < 4.78 is 18.0. The van der Waals surface area contributed by atoms with Gasteiger partial charge in [-0.1, -0.05) is 34.6 Å². The lowest BCUT2D eigenvalue weighted by Gasteiger charge is -2.64. The molecule has 7 aliphatic rings. The molecule has 2 spiro atoms. The summed E-state index contributed by atoms with van der Waals surface area (Å²) in [5.74, 6) is 1.14. The Morgan fingerprint density at radius 3 is 2.41 bits per heavy atom. The third-order valence-corrected chi connectivity index (χ3v) is 14.2. The lowest BCUT2D eigenvalue weighted by Crippen LogP contribution is -2.63. The quantitative estimate of drug-likeness (QED) is 0.307. The van der Waals surface area contributed by atoms with Crippen molar-refractivity contribution in [3.05, 3.63) is 0 Å². The van der Waals surface area contributed by atoms with Crippen molar-refractivity contribution in [3.8, 4) is 0 Å². The molecule has 2 aliphatic heterocycles. The van der Waals surface area contributed by atoms with Crippen LogP contribution in [-0.2, 0) is 19.0 Å². The summed E-state index contributed by atoms with van der Waals surface area (Å²) in [6.07, 6.45) is 1.99. The first-order valence-corrected chi connectivity index (χ1v) is 15.4. The van der Waals surface area contributed by atoms with E-state index in [2.05, 4.69) is 34.6 Å². The van der Waals surface area contributed by atoms with Gasteiger partial charge in [-0.15, -0.1) is 0 Å². The SMILES string of the molecule is CC1CC(=O)OC2CC3(C)C4CC(O)C5C(C)(C)C(OC6OCC(O)C(O)C6O)CCC56CC46CCC3(C)C12. The molecule has 8 nitrogen and oxygen atoms in total. The highest BCUT2D eigenvalue weighted by molar-refractivity contribution is 5.71. The molecule has 0 radical (unpaired) electrons. The zero-order valence-electron chi connectivity index (χ0n) is 24.1. The van der Waals surface area contributed by atoms with Gasteiger partial charge in [0.15, 0.2) is 6.29 Å². The molecular weight excluding hydrogens is 500 g/mol. The van der Waals surface area contributed by atoms with Crippen molar-refractivity contribution in [1.29, 1.82) is 0 Å². The van der Waals surface area contributed by atoms with Crippen LogP contribution in [0.5, 0.6) is 0 Å². The van der Waals surface area contributed by atoms with Crippen LogP contribution in [0, 0.1) is 50.7 Å². The topological polar surface area (TPSA) is 126 Å². The van der Waals surface area contributed by atoms with Crippen LogP contribution in [0.25, 0.3) is 0 Å². The first kappa shape index (κ1) is 27.1. The maximum atomic E-state index is 12.4. The van der Waals surface area contributed by atoms with E-state index >= 15 is 0 Å². The van der Waals surface area contributed by atoms with Crippen molar-refractivity contribution in [2.45, 2.75) is 129 Å². The van der Waals surface area contributed by atoms with Crippen LogP contribution in [0.1, 0.15) is 86.0 Å². The van der Waals surface area contributed by atoms with Gasteiger partial charge in [0, 0.05) is 12.3 Å². The maximum absolute atomic E-state index is 12.4. The number of hydrogen-bond donors (Lipinski definition) is 4. The molecule has 0 aromatic carbocycles. The summed E-state index contributed by atoms with van der Waals surface area (Å²) in [6, 6.07) is 0. The van der Waals surface area contributed by atoms with Crippen molar-refractivity contribution < 1.29 is 39.4 Å². The fourth-order valence-corrected chi connectivity index (χ4v) is 12.5. The number of carbonyl (C=O) groups excluding carboxylic acids is 1. The Balaban J connectivity index is 1.17. The van der Waals surface area contributed by atoms with E-state index < -0.39 is 30.7 Å². The van der Waals surface area contributed by atoms with Crippen LogP contribution in [0.15, 0.2) is 0 Å². The van der Waals surface area contributed by atoms with Crippen molar-refractivity contribution >= 4 is 5.97 Å². The van der Waals surface area contributed by atoms with Crippen LogP contribution in [0.3, 0.4) is 0 Å². The molecule has 8 heteroatoms. The number of rotatable bonds is 2. The molecule has 0 amide bonds. The van der Waals surface area contributed by atoms with E-state index in [9.17, 15) is 25.2 Å². The van der Waals surface area contributed by atoms with Gasteiger partial charge in [-0.25, -0.2) is 0 Å². The van der Waals surface area contributed by atoms with E-state index in [0.29, 0.717) is 24.2 Å². The second kappa shape index (κ2) is 8.19. The molecule has 39 heavy (non-hydrogen) atoms. The summed E-state index contributed by atoms with van der Waals surface area (Å²) in [5, 5.41) is 42.6. The molecule has 15 atom stereocenters. The maximum Gasteiger partial charge on any atom is 0.306 e. The second-order valence-corrected chi connectivity index (χ2v) is 15.8. The molecule has 220 valence electrons. The van der Waals surface area contributed by atoms with Crippen LogP contribution in [-0.4, -0.2) is 75.9 Å². The number of esters is 1. The zero-order valence-corrected chi connectivity index (χ0v) is 24.1. The minimum atomic E-state index is -1.31. The van der Waals surface area contributed by atoms with Crippen LogP contribution >= 0.6 is 0 Å². The Kier molecular flexibility index (Phi) is 5.69. The molecular formula is C31H48O8. The first-order valence-electron chi connectivity index (χ1n) is 15.4. The van der Waals surface area contributed by atoms with Gasteiger partial charge in [-0.3, -0.25) is 4.79 Å². The van der Waals surface area contributed by atoms with Gasteiger partial charge in [0.05, 0.1) is 18.8 Å². The van der Waals surface area contributed by atoms with Crippen LogP contribution in [0.4, 0.5) is 0 Å². The van der Waals surface area contributed by atoms with Gasteiger partial charge in [0.2, 0.25) is 0 Å². The highest BCUT2D eigenvalue weighted by atomic mass is 16.7. The van der Waals surface area contributed by atoms with Crippen LogP contribution < -0.4 is 0 Å². The van der Waals surface area contributed by atoms with Crippen molar-refractivity contribution in [2.24, 2.45) is 50.7 Å². The predicted octanol–water partition coefficient (Wildman–Crippen LogP) is 2.78. The van der Waals surface area contributed by atoms with E-state index in [4.69, 9.17) is 14.2 Å². The summed E-state index contributed by atoms with van der Waals surface area (Å²) >= 11 is 0. The molecule has 15 unspecified atom stereocenters. The number of fused-ring (bicyclic) bond motifs is 4. The fourth-order valence-electron chi connectivity index (χ4n) is 12.5. The van der Waals surface area contributed by atoms with E-state index in [1.165, 1.54) is 6.42 Å². The van der Waals surface area contributed by atoms with Crippen molar-refractivity contribution in [1.82, 2.24) is 0 Å². The van der Waals surface area contributed by atoms with E-state index in [1.54, 1.807) is 0 Å². The number of aliphatic hydroxyl groups is 4. The lowest BCUT2D eigenvalue weighted by atomic mass is 9.41. The largest absolute Gasteiger partial charge is 0.462 e. The fraction of sp³-hybridized carbons (Fsp3) is 0.968. The van der Waals surface area contributed by atoms with Gasteiger partial charge in [-0.05, 0) is 89.8 Å². The molecule has 2 saturated heterocycles. The van der Waals surface area contributed by atoms with E-state index in [-0.39, 0.29) is 57.8 Å². The minimum absolute atomic E-state index is 0.00710. The van der Waals surface area contributed by atoms with E-state index in [0.717, 1.165) is 38.5 Å². The van der Waals surface area contributed by atoms with Gasteiger partial charge < -0.3 is 34.6 Å². The second-order valence-electron chi connectivity index (χ2n) is 15.8. The summed E-state index contributed by atoms with van der Waals surface area (Å²) in [6.45, 7) is 11.5. The predicted molar refractivity (Wildman–Crippen MR) is 140 cm³/mol.